The second-order valence-corrected chi connectivity index (χ2v) is 8.12. The molecule has 132 valence electrons. The number of aryl methyl sites for hydroxylation is 1. The smallest absolute Gasteiger partial charge is 0.153 e. The summed E-state index contributed by atoms with van der Waals surface area (Å²) >= 11 is 0. The number of aromatic nitrogens is 5. The van der Waals surface area contributed by atoms with Gasteiger partial charge in [0.1, 0.15) is 5.82 Å². The fourth-order valence-corrected chi connectivity index (χ4v) is 4.27. The molecule has 3 heterocycles. The summed E-state index contributed by atoms with van der Waals surface area (Å²) in [4.78, 5) is 16.3. The van der Waals surface area contributed by atoms with Crippen LogP contribution in [0.2, 0.25) is 0 Å². The molecule has 0 spiro atoms. The minimum Gasteiger partial charge on any atom is -0.302 e. The highest BCUT2D eigenvalue weighted by molar-refractivity contribution is 5.12. The Morgan fingerprint density at radius 3 is 2.76 bits per heavy atom. The van der Waals surface area contributed by atoms with Gasteiger partial charge in [-0.2, -0.15) is 5.10 Å². The number of hydrogen-bond donors (Lipinski definition) is 1. The quantitative estimate of drug-likeness (QED) is 0.876. The van der Waals surface area contributed by atoms with Crippen LogP contribution in [-0.2, 0) is 6.42 Å². The van der Waals surface area contributed by atoms with Crippen molar-refractivity contribution in [1.82, 2.24) is 30.0 Å². The molecule has 6 heteroatoms. The van der Waals surface area contributed by atoms with E-state index in [9.17, 15) is 0 Å². The molecule has 0 radical (unpaired) electrons. The topological polar surface area (TPSA) is 70.6 Å². The van der Waals surface area contributed by atoms with E-state index in [1.807, 2.05) is 19.3 Å². The molecule has 2 saturated carbocycles. The van der Waals surface area contributed by atoms with E-state index < -0.39 is 0 Å². The summed E-state index contributed by atoms with van der Waals surface area (Å²) in [7, 11) is 0. The van der Waals surface area contributed by atoms with Crippen LogP contribution in [0.4, 0.5) is 0 Å². The summed E-state index contributed by atoms with van der Waals surface area (Å²) in [5.41, 5.74) is 2.10. The molecule has 2 aliphatic carbocycles. The molecule has 3 fully saturated rings. The van der Waals surface area contributed by atoms with Gasteiger partial charge in [-0.3, -0.25) is 15.1 Å². The van der Waals surface area contributed by atoms with Gasteiger partial charge >= 0.3 is 0 Å². The summed E-state index contributed by atoms with van der Waals surface area (Å²) in [6, 6.07) is 0. The molecule has 1 N–H and O–H groups in total. The normalized spacial score (nSPS) is 27.1. The highest BCUT2D eigenvalue weighted by Crippen LogP contribution is 2.47. The number of H-pyrrole nitrogens is 1. The zero-order valence-electron chi connectivity index (χ0n) is 14.9. The van der Waals surface area contributed by atoms with Gasteiger partial charge in [0.25, 0.3) is 0 Å². The lowest BCUT2D eigenvalue weighted by molar-refractivity contribution is 0.320. The monoisotopic (exact) mass is 338 g/mol. The first-order valence-electron chi connectivity index (χ1n) is 9.68. The third-order valence-corrected chi connectivity index (χ3v) is 5.97. The number of nitrogens with zero attached hydrogens (tertiary/aromatic N) is 5. The summed E-state index contributed by atoms with van der Waals surface area (Å²) in [6.07, 6.45) is 10.00. The van der Waals surface area contributed by atoms with Crippen molar-refractivity contribution in [2.75, 3.05) is 19.6 Å². The molecule has 1 saturated heterocycles. The van der Waals surface area contributed by atoms with Crippen LogP contribution in [0.15, 0.2) is 12.4 Å². The molecule has 2 aromatic rings. The van der Waals surface area contributed by atoms with Crippen LogP contribution >= 0.6 is 0 Å². The molecule has 0 unspecified atom stereocenters. The predicted molar refractivity (Wildman–Crippen MR) is 94.2 cm³/mol. The van der Waals surface area contributed by atoms with Crippen LogP contribution < -0.4 is 0 Å². The Morgan fingerprint density at radius 2 is 2.00 bits per heavy atom. The van der Waals surface area contributed by atoms with E-state index in [0.29, 0.717) is 11.8 Å². The van der Waals surface area contributed by atoms with Crippen molar-refractivity contribution < 1.29 is 0 Å². The summed E-state index contributed by atoms with van der Waals surface area (Å²) in [5, 5.41) is 7.77. The Balaban J connectivity index is 1.26. The van der Waals surface area contributed by atoms with E-state index in [2.05, 4.69) is 25.1 Å². The predicted octanol–water partition coefficient (Wildman–Crippen LogP) is 2.45. The number of hydrogen-bond acceptors (Lipinski definition) is 5. The summed E-state index contributed by atoms with van der Waals surface area (Å²) in [6.45, 7) is 5.35. The van der Waals surface area contributed by atoms with Crippen molar-refractivity contribution in [2.24, 2.45) is 11.8 Å². The first-order chi connectivity index (χ1) is 12.3. The SMILES string of the molecule is Cc1cncc(CCN2C[C@H](c3nc(C4CC4)n[nH]3)[C@@H](C3CC3)C2)n1. The van der Waals surface area contributed by atoms with Crippen molar-refractivity contribution in [3.8, 4) is 0 Å². The Bertz CT molecular complexity index is 748. The van der Waals surface area contributed by atoms with E-state index in [1.165, 1.54) is 32.2 Å². The van der Waals surface area contributed by atoms with Crippen LogP contribution in [0.1, 0.15) is 60.6 Å². The van der Waals surface area contributed by atoms with E-state index >= 15 is 0 Å². The molecular weight excluding hydrogens is 312 g/mol. The van der Waals surface area contributed by atoms with Gasteiger partial charge in [-0.1, -0.05) is 0 Å². The number of likely N-dealkylation sites (tertiary alicyclic amines) is 1. The third kappa shape index (κ3) is 3.32. The maximum absolute atomic E-state index is 4.86. The van der Waals surface area contributed by atoms with Gasteiger partial charge in [0.05, 0.1) is 11.4 Å². The Morgan fingerprint density at radius 1 is 1.12 bits per heavy atom. The number of aromatic amines is 1. The second-order valence-electron chi connectivity index (χ2n) is 8.12. The zero-order chi connectivity index (χ0) is 16.8. The van der Waals surface area contributed by atoms with Crippen molar-refractivity contribution in [3.05, 3.63) is 35.4 Å². The molecule has 3 aliphatic rings. The van der Waals surface area contributed by atoms with Gasteiger partial charge < -0.3 is 4.90 Å². The Labute approximate surface area is 148 Å². The first kappa shape index (κ1) is 15.4. The number of nitrogens with one attached hydrogen (secondary N) is 1. The molecule has 2 atom stereocenters. The number of rotatable bonds is 6. The molecule has 1 aliphatic heterocycles. The standard InChI is InChI=1S/C19H26N6/c1-12-8-20-9-15(21-12)6-7-25-10-16(13-2-3-13)17(11-25)19-22-18(23-24-19)14-4-5-14/h8-9,13-14,16-17H,2-7,10-11H2,1H3,(H,22,23,24)/t16-,17+/m1/s1. The highest BCUT2D eigenvalue weighted by atomic mass is 15.2. The average Bonchev–Trinajstić information content (AvgIpc) is 3.54. The van der Waals surface area contributed by atoms with Crippen LogP contribution in [0.3, 0.4) is 0 Å². The van der Waals surface area contributed by atoms with Gasteiger partial charge in [0.2, 0.25) is 0 Å². The van der Waals surface area contributed by atoms with Crippen molar-refractivity contribution in [1.29, 1.82) is 0 Å². The molecule has 0 bridgehead atoms. The van der Waals surface area contributed by atoms with Crippen LogP contribution in [0, 0.1) is 18.8 Å². The minimum absolute atomic E-state index is 0.524. The van der Waals surface area contributed by atoms with Gasteiger partial charge in [0, 0.05) is 50.3 Å². The molecule has 6 nitrogen and oxygen atoms in total. The van der Waals surface area contributed by atoms with Crippen LogP contribution in [-0.4, -0.2) is 49.7 Å². The van der Waals surface area contributed by atoms with E-state index in [0.717, 1.165) is 54.4 Å². The fourth-order valence-electron chi connectivity index (χ4n) is 4.27. The maximum Gasteiger partial charge on any atom is 0.153 e. The molecular formula is C19H26N6. The van der Waals surface area contributed by atoms with Crippen molar-refractivity contribution >= 4 is 0 Å². The van der Waals surface area contributed by atoms with Crippen LogP contribution in [0.25, 0.3) is 0 Å². The van der Waals surface area contributed by atoms with Gasteiger partial charge in [-0.25, -0.2) is 4.98 Å². The summed E-state index contributed by atoms with van der Waals surface area (Å²) in [5.74, 6) is 4.97. The molecule has 0 aromatic carbocycles. The lowest BCUT2D eigenvalue weighted by Gasteiger charge is -2.15. The molecule has 0 amide bonds. The lowest BCUT2D eigenvalue weighted by atomic mass is 9.91. The van der Waals surface area contributed by atoms with Gasteiger partial charge in [-0.15, -0.1) is 0 Å². The lowest BCUT2D eigenvalue weighted by Crippen LogP contribution is -2.24. The largest absolute Gasteiger partial charge is 0.302 e. The highest BCUT2D eigenvalue weighted by Gasteiger charge is 2.44. The van der Waals surface area contributed by atoms with E-state index in [1.54, 1.807) is 0 Å². The van der Waals surface area contributed by atoms with Crippen LogP contribution in [0.5, 0.6) is 0 Å². The summed E-state index contributed by atoms with van der Waals surface area (Å²) < 4.78 is 0. The third-order valence-electron chi connectivity index (χ3n) is 5.97. The van der Waals surface area contributed by atoms with E-state index in [-0.39, 0.29) is 0 Å². The Kier molecular flexibility index (Phi) is 3.81. The van der Waals surface area contributed by atoms with Gasteiger partial charge in [-0.05, 0) is 44.4 Å². The average molecular weight is 338 g/mol. The maximum atomic E-state index is 4.86. The van der Waals surface area contributed by atoms with E-state index in [4.69, 9.17) is 4.98 Å². The fraction of sp³-hybridized carbons (Fsp3) is 0.684. The Hall–Kier alpha value is -1.82. The molecule has 2 aromatic heterocycles. The zero-order valence-corrected chi connectivity index (χ0v) is 14.9. The van der Waals surface area contributed by atoms with Gasteiger partial charge in [0.15, 0.2) is 5.82 Å². The second kappa shape index (κ2) is 6.16. The first-order valence-corrected chi connectivity index (χ1v) is 9.68. The minimum atomic E-state index is 0.524. The van der Waals surface area contributed by atoms with Crippen molar-refractivity contribution in [3.63, 3.8) is 0 Å². The van der Waals surface area contributed by atoms with Crippen molar-refractivity contribution in [2.45, 2.75) is 50.9 Å². The molecule has 25 heavy (non-hydrogen) atoms. The molecule has 5 rings (SSSR count).